The minimum atomic E-state index is -0.553. The molecule has 0 radical (unpaired) electrons. The Kier molecular flexibility index (Phi) is 15.3. The van der Waals surface area contributed by atoms with Crippen LogP contribution in [0.25, 0.3) is 0 Å². The van der Waals surface area contributed by atoms with Crippen LogP contribution in [0.4, 0.5) is 22.7 Å². The predicted octanol–water partition coefficient (Wildman–Crippen LogP) is 14.5. The monoisotopic (exact) mass is 941 g/mol. The predicted molar refractivity (Wildman–Crippen MR) is 306 cm³/mol. The molecule has 0 amide bonds. The number of aliphatic hydroxyl groups excluding tert-OH is 1. The Morgan fingerprint density at radius 1 is 0.314 bits per heavy atom. The highest BCUT2D eigenvalue weighted by atomic mass is 16.3. The molecule has 0 atom stereocenters. The van der Waals surface area contributed by atoms with Gasteiger partial charge in [0.05, 0.1) is 6.10 Å². The Morgan fingerprint density at radius 2 is 0.486 bits per heavy atom. The molecule has 70 heavy (non-hydrogen) atoms. The summed E-state index contributed by atoms with van der Waals surface area (Å²) >= 11 is 0. The SMILES string of the molecule is Cc1cc(C(C)(C)c2ccc(C(C)(C)c3cc(C)c(N(C)CC(O)CN(C)c4c(C)cc(C(C)(C)c5ccc(C(C)(C)c6cc(C)c(N(C)C)c(C)c6)cc5)cc4C)c(C)c3)cc2)cc(C)c1N(C)C. The highest BCUT2D eigenvalue weighted by Crippen LogP contribution is 2.42. The Bertz CT molecular complexity index is 2550. The fourth-order valence-electron chi connectivity index (χ4n) is 12.0. The molecule has 0 aliphatic heterocycles. The molecule has 0 aromatic heterocycles. The van der Waals surface area contributed by atoms with Crippen LogP contribution < -0.4 is 19.6 Å². The third kappa shape index (κ3) is 10.4. The van der Waals surface area contributed by atoms with Gasteiger partial charge in [-0.15, -0.1) is 0 Å². The van der Waals surface area contributed by atoms with Crippen molar-refractivity contribution < 1.29 is 5.11 Å². The molecule has 374 valence electrons. The molecule has 0 aliphatic rings. The van der Waals surface area contributed by atoms with Gasteiger partial charge in [0, 0.05) is 99.8 Å². The van der Waals surface area contributed by atoms with Crippen molar-refractivity contribution in [2.75, 3.05) is 75.0 Å². The standard InChI is InChI=1S/C65H88N4O/c1-41-31-53(32-42(2)58(41)66(17)18)62(9,10)49-23-27-51(28-24-49)64(13,14)55-35-45(5)60(46(6)36-55)68(21)39-57(70)40-69(22)61-47(7)37-56(38-48(61)8)65(15,16)52-29-25-50(26-30-52)63(11,12)54-33-43(3)59(67(19)20)44(4)34-54/h23-38,57,70H,39-40H2,1-22H3. The molecule has 0 spiro atoms. The molecular formula is C65H88N4O. The van der Waals surface area contributed by atoms with Crippen LogP contribution in [0.3, 0.4) is 0 Å². The van der Waals surface area contributed by atoms with Crippen LogP contribution in [-0.2, 0) is 21.7 Å². The van der Waals surface area contributed by atoms with Crippen molar-refractivity contribution in [3.63, 3.8) is 0 Å². The topological polar surface area (TPSA) is 33.2 Å². The summed E-state index contributed by atoms with van der Waals surface area (Å²) in [5.41, 5.74) is 24.9. The molecule has 5 nitrogen and oxygen atoms in total. The van der Waals surface area contributed by atoms with Crippen molar-refractivity contribution in [3.05, 3.63) is 186 Å². The lowest BCUT2D eigenvalue weighted by molar-refractivity contribution is 0.188. The van der Waals surface area contributed by atoms with E-state index in [1.54, 1.807) is 0 Å². The molecule has 1 N–H and O–H groups in total. The van der Waals surface area contributed by atoms with E-state index in [1.165, 1.54) is 112 Å². The summed E-state index contributed by atoms with van der Waals surface area (Å²) in [5.74, 6) is 0. The Hall–Kier alpha value is -5.52. The molecule has 0 saturated heterocycles. The number of aliphatic hydroxyl groups is 1. The molecule has 6 rings (SSSR count). The van der Waals surface area contributed by atoms with Crippen LogP contribution in [0, 0.1) is 55.4 Å². The minimum Gasteiger partial charge on any atom is -0.389 e. The van der Waals surface area contributed by atoms with Gasteiger partial charge >= 0.3 is 0 Å². The second-order valence-corrected chi connectivity index (χ2v) is 23.7. The number of hydrogen-bond donors (Lipinski definition) is 1. The molecule has 0 heterocycles. The van der Waals surface area contributed by atoms with Crippen molar-refractivity contribution in [2.45, 2.75) is 139 Å². The lowest BCUT2D eigenvalue weighted by atomic mass is 9.73. The van der Waals surface area contributed by atoms with Crippen molar-refractivity contribution in [1.29, 1.82) is 0 Å². The van der Waals surface area contributed by atoms with Gasteiger partial charge in [-0.2, -0.15) is 0 Å². The lowest BCUT2D eigenvalue weighted by Gasteiger charge is -2.33. The first kappa shape index (κ1) is 53.8. The molecule has 0 fully saturated rings. The zero-order valence-corrected chi connectivity index (χ0v) is 47.5. The zero-order chi connectivity index (χ0) is 52.2. The molecule has 0 unspecified atom stereocenters. The van der Waals surface area contributed by atoms with Crippen molar-refractivity contribution >= 4 is 22.7 Å². The van der Waals surface area contributed by atoms with Crippen molar-refractivity contribution in [2.24, 2.45) is 0 Å². The molecular weight excluding hydrogens is 853 g/mol. The van der Waals surface area contributed by atoms with E-state index in [-0.39, 0.29) is 21.7 Å². The number of likely N-dealkylation sites (N-methyl/N-ethyl adjacent to an activating group) is 2. The first-order valence-corrected chi connectivity index (χ1v) is 25.5. The fraction of sp³-hybridized carbons (Fsp3) is 0.446. The summed E-state index contributed by atoms with van der Waals surface area (Å²) in [4.78, 5) is 8.92. The fourth-order valence-corrected chi connectivity index (χ4v) is 12.0. The molecule has 6 aromatic carbocycles. The average molecular weight is 941 g/mol. The van der Waals surface area contributed by atoms with Crippen molar-refractivity contribution in [3.8, 4) is 0 Å². The highest BCUT2D eigenvalue weighted by molar-refractivity contribution is 5.65. The quantitative estimate of drug-likeness (QED) is 0.105. The molecule has 0 saturated carbocycles. The highest BCUT2D eigenvalue weighted by Gasteiger charge is 2.31. The number of nitrogens with zero attached hydrogens (tertiary/aromatic N) is 4. The van der Waals surface area contributed by atoms with E-state index in [0.29, 0.717) is 13.1 Å². The second kappa shape index (κ2) is 19.9. The number of hydrogen-bond acceptors (Lipinski definition) is 5. The summed E-state index contributed by atoms with van der Waals surface area (Å²) in [6, 6.07) is 37.5. The zero-order valence-electron chi connectivity index (χ0n) is 47.5. The average Bonchev–Trinajstić information content (AvgIpc) is 3.25. The first-order chi connectivity index (χ1) is 32.4. The smallest absolute Gasteiger partial charge is 0.0889 e. The normalized spacial score (nSPS) is 12.5. The van der Waals surface area contributed by atoms with Gasteiger partial charge in [0.25, 0.3) is 0 Å². The van der Waals surface area contributed by atoms with Gasteiger partial charge in [0.1, 0.15) is 0 Å². The van der Waals surface area contributed by atoms with Crippen LogP contribution in [0.2, 0.25) is 0 Å². The van der Waals surface area contributed by atoms with Crippen LogP contribution in [-0.4, -0.2) is 66.6 Å². The van der Waals surface area contributed by atoms with Gasteiger partial charge < -0.3 is 24.7 Å². The maximum Gasteiger partial charge on any atom is 0.0889 e. The summed E-state index contributed by atoms with van der Waals surface area (Å²) in [7, 11) is 12.7. The van der Waals surface area contributed by atoms with Crippen LogP contribution in [0.1, 0.15) is 144 Å². The molecule has 0 aliphatic carbocycles. The van der Waals surface area contributed by atoms with Crippen LogP contribution >= 0.6 is 0 Å². The number of rotatable bonds is 16. The number of aryl methyl sites for hydroxylation is 8. The first-order valence-electron chi connectivity index (χ1n) is 25.5. The van der Waals surface area contributed by atoms with E-state index in [2.05, 4.69) is 270 Å². The third-order valence-electron chi connectivity index (χ3n) is 16.1. The van der Waals surface area contributed by atoms with Gasteiger partial charge in [0.2, 0.25) is 0 Å². The van der Waals surface area contributed by atoms with E-state index in [9.17, 15) is 5.11 Å². The van der Waals surface area contributed by atoms with Gasteiger partial charge in [-0.3, -0.25) is 0 Å². The molecule has 0 bridgehead atoms. The summed E-state index contributed by atoms with van der Waals surface area (Å²) in [6.07, 6.45) is -0.553. The minimum absolute atomic E-state index is 0.131. The number of benzene rings is 6. The summed E-state index contributed by atoms with van der Waals surface area (Å²) < 4.78 is 0. The van der Waals surface area contributed by atoms with Crippen LogP contribution in [0.5, 0.6) is 0 Å². The van der Waals surface area contributed by atoms with E-state index in [4.69, 9.17) is 0 Å². The Labute approximate surface area is 425 Å². The van der Waals surface area contributed by atoms with E-state index < -0.39 is 6.10 Å². The third-order valence-corrected chi connectivity index (χ3v) is 16.1. The summed E-state index contributed by atoms with van der Waals surface area (Å²) in [6.45, 7) is 37.5. The molecule has 5 heteroatoms. The largest absolute Gasteiger partial charge is 0.389 e. The van der Waals surface area contributed by atoms with Gasteiger partial charge in [0.15, 0.2) is 0 Å². The Morgan fingerprint density at radius 3 is 0.657 bits per heavy atom. The van der Waals surface area contributed by atoms with Gasteiger partial charge in [-0.05, 0) is 144 Å². The maximum absolute atomic E-state index is 11.7. The van der Waals surface area contributed by atoms with E-state index in [1.807, 2.05) is 0 Å². The maximum atomic E-state index is 11.7. The van der Waals surface area contributed by atoms with Crippen molar-refractivity contribution in [1.82, 2.24) is 0 Å². The van der Waals surface area contributed by atoms with E-state index >= 15 is 0 Å². The summed E-state index contributed by atoms with van der Waals surface area (Å²) in [5, 5.41) is 11.7. The van der Waals surface area contributed by atoms with E-state index in [0.717, 1.165) is 0 Å². The Balaban J connectivity index is 1.13. The molecule has 6 aromatic rings. The number of anilines is 4. The second-order valence-electron chi connectivity index (χ2n) is 23.7. The lowest BCUT2D eigenvalue weighted by Crippen LogP contribution is -2.38. The van der Waals surface area contributed by atoms with Gasteiger partial charge in [-0.1, -0.05) is 152 Å². The van der Waals surface area contributed by atoms with Crippen LogP contribution in [0.15, 0.2) is 97.1 Å². The van der Waals surface area contributed by atoms with Gasteiger partial charge in [-0.25, -0.2) is 0 Å².